The van der Waals surface area contributed by atoms with Crippen LogP contribution in [0.2, 0.25) is 0 Å². The molecule has 1 atom stereocenters. The number of nitrogens with zero attached hydrogens (tertiary/aromatic N) is 3. The fourth-order valence-corrected chi connectivity index (χ4v) is 4.92. The number of morpholine rings is 1. The van der Waals surface area contributed by atoms with E-state index in [2.05, 4.69) is 58.0 Å². The fourth-order valence-electron chi connectivity index (χ4n) is 4.04. The van der Waals surface area contributed by atoms with Gasteiger partial charge in [-0.1, -0.05) is 25.4 Å². The van der Waals surface area contributed by atoms with Gasteiger partial charge < -0.3 is 19.6 Å². The average Bonchev–Trinajstić information content (AvgIpc) is 3.19. The number of hydrogen-bond acceptors (Lipinski definition) is 8. The Morgan fingerprint density at radius 1 is 1.18 bits per heavy atom. The van der Waals surface area contributed by atoms with Crippen molar-refractivity contribution >= 4 is 17.9 Å². The molecule has 1 fully saturated rings. The van der Waals surface area contributed by atoms with Crippen molar-refractivity contribution in [2.24, 2.45) is 0 Å². The van der Waals surface area contributed by atoms with Crippen LogP contribution in [0.15, 0.2) is 27.7 Å². The summed E-state index contributed by atoms with van der Waals surface area (Å²) >= 11 is 1.63. The molecule has 1 unspecified atom stereocenters. The molecular formula is C25H40N6O2S. The first-order chi connectivity index (χ1) is 16.5. The molecule has 1 aliphatic heterocycles. The van der Waals surface area contributed by atoms with E-state index in [0.29, 0.717) is 6.04 Å². The Bertz CT molecular complexity index is 933. The Balaban J connectivity index is 1.89. The van der Waals surface area contributed by atoms with Crippen LogP contribution < -0.4 is 10.0 Å². The van der Waals surface area contributed by atoms with Gasteiger partial charge in [0, 0.05) is 54.6 Å². The topological polar surface area (TPSA) is 91.2 Å². The van der Waals surface area contributed by atoms with E-state index in [1.54, 1.807) is 11.9 Å². The molecule has 1 saturated heterocycles. The molecule has 2 aromatic rings. The van der Waals surface area contributed by atoms with Crippen LogP contribution in [-0.4, -0.2) is 65.5 Å². The zero-order valence-electron chi connectivity index (χ0n) is 21.2. The summed E-state index contributed by atoms with van der Waals surface area (Å²) < 4.78 is 14.5. The Morgan fingerprint density at radius 3 is 2.65 bits per heavy atom. The quantitative estimate of drug-likeness (QED) is 0.379. The lowest BCUT2D eigenvalue weighted by Gasteiger charge is -2.26. The van der Waals surface area contributed by atoms with Crippen molar-refractivity contribution in [3.05, 3.63) is 35.5 Å². The monoisotopic (exact) mass is 488 g/mol. The second-order valence-electron chi connectivity index (χ2n) is 8.75. The number of aryl methyl sites for hydroxylation is 3. The van der Waals surface area contributed by atoms with E-state index < -0.39 is 0 Å². The summed E-state index contributed by atoms with van der Waals surface area (Å²) in [4.78, 5) is 11.6. The number of rotatable bonds is 11. The summed E-state index contributed by atoms with van der Waals surface area (Å²) in [6.07, 6.45) is 5.32. The van der Waals surface area contributed by atoms with E-state index >= 15 is 0 Å². The van der Waals surface area contributed by atoms with Gasteiger partial charge in [0.1, 0.15) is 5.76 Å². The number of H-pyrrole nitrogens is 1. The molecular weight excluding hydrogens is 448 g/mol. The minimum Gasteiger partial charge on any atom is -0.379 e. The smallest absolute Gasteiger partial charge is 0.200 e. The van der Waals surface area contributed by atoms with E-state index in [9.17, 15) is 0 Å². The molecule has 8 nitrogen and oxygen atoms in total. The van der Waals surface area contributed by atoms with Crippen molar-refractivity contribution in [2.45, 2.75) is 64.8 Å². The zero-order chi connectivity index (χ0) is 24.3. The third-order valence-electron chi connectivity index (χ3n) is 5.93. The molecule has 0 bridgehead atoms. The van der Waals surface area contributed by atoms with Crippen molar-refractivity contribution in [2.75, 3.05) is 44.7 Å². The van der Waals surface area contributed by atoms with E-state index in [0.717, 1.165) is 97.8 Å². The summed E-state index contributed by atoms with van der Waals surface area (Å²) in [5.74, 6) is 1.56. The normalized spacial score (nSPS) is 15.2. The Hall–Kier alpha value is -2.07. The van der Waals surface area contributed by atoms with Crippen LogP contribution in [0, 0.1) is 20.8 Å². The minimum atomic E-state index is 0.463. The highest BCUT2D eigenvalue weighted by molar-refractivity contribution is 7.97. The maximum absolute atomic E-state index is 5.46. The van der Waals surface area contributed by atoms with Gasteiger partial charge in [0.2, 0.25) is 0 Å². The Kier molecular flexibility index (Phi) is 10.7. The maximum Gasteiger partial charge on any atom is 0.200 e. The first kappa shape index (κ1) is 26.5. The van der Waals surface area contributed by atoms with Gasteiger partial charge in [-0.05, 0) is 63.3 Å². The summed E-state index contributed by atoms with van der Waals surface area (Å²) in [6, 6.07) is 4.76. The largest absolute Gasteiger partial charge is 0.379 e. The molecule has 3 N–H and O–H groups in total. The first-order valence-corrected chi connectivity index (χ1v) is 13.2. The molecule has 3 rings (SSSR count). The number of anilines is 1. The second kappa shape index (κ2) is 13.7. The van der Waals surface area contributed by atoms with Gasteiger partial charge in [0.05, 0.1) is 18.9 Å². The predicted octanol–water partition coefficient (Wildman–Crippen LogP) is 5.03. The highest BCUT2D eigenvalue weighted by Crippen LogP contribution is 2.29. The summed E-state index contributed by atoms with van der Waals surface area (Å²) in [5.41, 5.74) is 3.95. The third kappa shape index (κ3) is 8.01. The molecule has 0 radical (unpaired) electrons. The van der Waals surface area contributed by atoms with Crippen LogP contribution in [0.3, 0.4) is 0 Å². The second-order valence-corrected chi connectivity index (χ2v) is 9.67. The van der Waals surface area contributed by atoms with Gasteiger partial charge in [-0.25, -0.2) is 4.98 Å². The van der Waals surface area contributed by atoms with Gasteiger partial charge >= 0.3 is 0 Å². The van der Waals surface area contributed by atoms with Crippen LogP contribution >= 0.6 is 11.9 Å². The Labute approximate surface area is 208 Å². The highest BCUT2D eigenvalue weighted by atomic mass is 32.2. The summed E-state index contributed by atoms with van der Waals surface area (Å²) in [5, 5.41) is 7.64. The van der Waals surface area contributed by atoms with Gasteiger partial charge in [-0.15, -0.1) is 0 Å². The van der Waals surface area contributed by atoms with E-state index in [1.165, 1.54) is 0 Å². The fraction of sp³-hybridized carbons (Fsp3) is 0.600. The number of nitrogens with one attached hydrogen (secondary N) is 3. The zero-order valence-corrected chi connectivity index (χ0v) is 22.1. The van der Waals surface area contributed by atoms with Crippen LogP contribution in [0.4, 0.5) is 5.95 Å². The van der Waals surface area contributed by atoms with E-state index in [4.69, 9.17) is 14.2 Å². The van der Waals surface area contributed by atoms with E-state index in [1.807, 2.05) is 20.0 Å². The molecule has 0 aromatic carbocycles. The van der Waals surface area contributed by atoms with Crippen molar-refractivity contribution in [1.82, 2.24) is 24.7 Å². The molecule has 0 spiro atoms. The van der Waals surface area contributed by atoms with Gasteiger partial charge in [-0.3, -0.25) is 9.62 Å². The lowest BCUT2D eigenvalue weighted by atomic mass is 10.1. The molecule has 9 heteroatoms. The molecule has 0 saturated carbocycles. The third-order valence-corrected chi connectivity index (χ3v) is 6.84. The van der Waals surface area contributed by atoms with Crippen molar-refractivity contribution < 1.29 is 9.26 Å². The van der Waals surface area contributed by atoms with Crippen LogP contribution in [0.1, 0.15) is 50.3 Å². The number of hydrogen-bond donors (Lipinski definition) is 3. The number of aromatic nitrogens is 3. The lowest BCUT2D eigenvalue weighted by molar-refractivity contribution is 0.0398. The Morgan fingerprint density at radius 2 is 1.97 bits per heavy atom. The molecule has 34 heavy (non-hydrogen) atoms. The van der Waals surface area contributed by atoms with Gasteiger partial charge in [0.15, 0.2) is 5.95 Å². The molecule has 3 heterocycles. The average molecular weight is 489 g/mol. The van der Waals surface area contributed by atoms with E-state index in [-0.39, 0.29) is 0 Å². The lowest BCUT2D eigenvalue weighted by Crippen LogP contribution is -2.39. The van der Waals surface area contributed by atoms with Gasteiger partial charge in [0.25, 0.3) is 0 Å². The summed E-state index contributed by atoms with van der Waals surface area (Å²) in [6.45, 7) is 15.8. The SMILES string of the molecule is CCCC(CC)NSc1cnc(NCCN2CCOCC2)[nH]c(C)cc(-c2c(C)noc2C)c1. The maximum atomic E-state index is 5.46. The minimum absolute atomic E-state index is 0.463. The molecule has 1 aliphatic rings. The standard InChI is InChI=1S/C25H40N6O2S/c1-6-8-22(7-2)30-34-23-16-21(24-19(4)29-33-20(24)5)15-18(3)28-25(27-17-23)26-9-10-31-11-13-32-14-12-31/h15-17,22,30H,6-14H2,1-5H3,(H2,26,27,28). The highest BCUT2D eigenvalue weighted by Gasteiger charge is 2.13. The van der Waals surface area contributed by atoms with Crippen LogP contribution in [0.25, 0.3) is 11.1 Å². The first-order valence-electron chi connectivity index (χ1n) is 12.3. The van der Waals surface area contributed by atoms with Crippen molar-refractivity contribution in [3.63, 3.8) is 0 Å². The van der Waals surface area contributed by atoms with Crippen molar-refractivity contribution in [3.8, 4) is 11.1 Å². The molecule has 0 amide bonds. The summed E-state index contributed by atoms with van der Waals surface area (Å²) in [7, 11) is 0. The van der Waals surface area contributed by atoms with Crippen LogP contribution in [0.5, 0.6) is 0 Å². The van der Waals surface area contributed by atoms with Crippen molar-refractivity contribution in [1.29, 1.82) is 0 Å². The van der Waals surface area contributed by atoms with Gasteiger partial charge in [-0.2, -0.15) is 0 Å². The number of ether oxygens (including phenoxy) is 1. The molecule has 188 valence electrons. The molecule has 2 aromatic heterocycles. The van der Waals surface area contributed by atoms with Crippen LogP contribution in [-0.2, 0) is 4.74 Å². The molecule has 0 aliphatic carbocycles. The number of aromatic amines is 1. The predicted molar refractivity (Wildman–Crippen MR) is 140 cm³/mol.